The Morgan fingerprint density at radius 3 is 2.86 bits per heavy atom. The van der Waals surface area contributed by atoms with E-state index in [-0.39, 0.29) is 23.1 Å². The Balaban J connectivity index is 2.18. The molecule has 1 aromatic heterocycles. The van der Waals surface area contributed by atoms with Crippen LogP contribution in [0.1, 0.15) is 49.4 Å². The summed E-state index contributed by atoms with van der Waals surface area (Å²) in [6.45, 7) is 2.21. The second-order valence-corrected chi connectivity index (χ2v) is 5.61. The first kappa shape index (κ1) is 15.2. The Hall–Kier alpha value is -2.18. The van der Waals surface area contributed by atoms with Crippen molar-refractivity contribution in [3.63, 3.8) is 0 Å². The van der Waals surface area contributed by atoms with Gasteiger partial charge in [0.25, 0.3) is 0 Å². The van der Waals surface area contributed by atoms with Crippen molar-refractivity contribution in [2.24, 2.45) is 5.92 Å². The molecule has 0 aliphatic heterocycles. The lowest BCUT2D eigenvalue weighted by Gasteiger charge is -2.17. The fourth-order valence-electron chi connectivity index (χ4n) is 2.65. The Morgan fingerprint density at radius 1 is 1.43 bits per heavy atom. The minimum absolute atomic E-state index is 0.150. The number of nitrogens with one attached hydrogen (secondary N) is 1. The molecule has 2 N–H and O–H groups in total. The highest BCUT2D eigenvalue weighted by molar-refractivity contribution is 5.88. The van der Waals surface area contributed by atoms with E-state index in [9.17, 15) is 14.9 Å². The molecule has 7 nitrogen and oxygen atoms in total. The topological polar surface area (TPSA) is 105 Å². The van der Waals surface area contributed by atoms with Gasteiger partial charge in [-0.3, -0.25) is 10.1 Å². The monoisotopic (exact) mass is 293 g/mol. The molecule has 0 aromatic carbocycles. The molecule has 0 amide bonds. The second-order valence-electron chi connectivity index (χ2n) is 5.61. The van der Waals surface area contributed by atoms with E-state index in [0.29, 0.717) is 5.92 Å². The molecule has 7 heteroatoms. The van der Waals surface area contributed by atoms with E-state index in [0.717, 1.165) is 37.9 Å². The Bertz CT molecular complexity index is 547. The van der Waals surface area contributed by atoms with Gasteiger partial charge in [0, 0.05) is 18.3 Å². The van der Waals surface area contributed by atoms with Crippen LogP contribution in [0.5, 0.6) is 0 Å². The lowest BCUT2D eigenvalue weighted by Crippen LogP contribution is -2.20. The van der Waals surface area contributed by atoms with Crippen molar-refractivity contribution >= 4 is 17.5 Å². The second kappa shape index (κ2) is 6.51. The van der Waals surface area contributed by atoms with Crippen LogP contribution in [-0.2, 0) is 0 Å². The standard InChI is InChI=1S/C14H19N3O4/c1-9-3-2-4-11(6-5-9)16-13-12(17(20)21)7-10(8-15-13)14(18)19/h7-9,11H,2-6H2,1H3,(H,15,16)(H,18,19). The van der Waals surface area contributed by atoms with Crippen LogP contribution in [0.2, 0.25) is 0 Å². The lowest BCUT2D eigenvalue weighted by atomic mass is 10.0. The lowest BCUT2D eigenvalue weighted by molar-refractivity contribution is -0.384. The van der Waals surface area contributed by atoms with Crippen LogP contribution in [0, 0.1) is 16.0 Å². The molecule has 2 rings (SSSR count). The van der Waals surface area contributed by atoms with Crippen molar-refractivity contribution in [1.82, 2.24) is 4.98 Å². The molecule has 0 bridgehead atoms. The molecule has 21 heavy (non-hydrogen) atoms. The van der Waals surface area contributed by atoms with E-state index in [2.05, 4.69) is 17.2 Å². The van der Waals surface area contributed by atoms with Crippen LogP contribution >= 0.6 is 0 Å². The number of hydrogen-bond acceptors (Lipinski definition) is 5. The first-order chi connectivity index (χ1) is 9.97. The maximum atomic E-state index is 11.1. The molecule has 0 spiro atoms. The highest BCUT2D eigenvalue weighted by Crippen LogP contribution is 2.28. The number of nitro groups is 1. The van der Waals surface area contributed by atoms with Gasteiger partial charge in [-0.05, 0) is 25.2 Å². The number of carbonyl (C=O) groups is 1. The van der Waals surface area contributed by atoms with Crippen molar-refractivity contribution in [2.75, 3.05) is 5.32 Å². The molecule has 114 valence electrons. The number of anilines is 1. The molecule has 1 heterocycles. The number of pyridine rings is 1. The quantitative estimate of drug-likeness (QED) is 0.502. The first-order valence-corrected chi connectivity index (χ1v) is 7.11. The van der Waals surface area contributed by atoms with E-state index < -0.39 is 10.9 Å². The van der Waals surface area contributed by atoms with Crippen molar-refractivity contribution in [3.05, 3.63) is 27.9 Å². The van der Waals surface area contributed by atoms with Gasteiger partial charge in [-0.2, -0.15) is 0 Å². The van der Waals surface area contributed by atoms with E-state index >= 15 is 0 Å². The minimum atomic E-state index is -1.22. The summed E-state index contributed by atoms with van der Waals surface area (Å²) in [4.78, 5) is 25.3. The van der Waals surface area contributed by atoms with E-state index in [4.69, 9.17) is 5.11 Å². The van der Waals surface area contributed by atoms with Crippen LogP contribution in [0.15, 0.2) is 12.3 Å². The molecule has 0 saturated heterocycles. The van der Waals surface area contributed by atoms with Crippen molar-refractivity contribution in [1.29, 1.82) is 0 Å². The van der Waals surface area contributed by atoms with Gasteiger partial charge in [0.2, 0.25) is 5.82 Å². The maximum Gasteiger partial charge on any atom is 0.337 e. The number of rotatable bonds is 4. The first-order valence-electron chi connectivity index (χ1n) is 7.11. The van der Waals surface area contributed by atoms with Gasteiger partial charge in [0.15, 0.2) is 0 Å². The minimum Gasteiger partial charge on any atom is -0.478 e. The molecule has 1 aliphatic rings. The highest BCUT2D eigenvalue weighted by atomic mass is 16.6. The van der Waals surface area contributed by atoms with Crippen molar-refractivity contribution < 1.29 is 14.8 Å². The summed E-state index contributed by atoms with van der Waals surface area (Å²) in [5.74, 6) is -0.390. The molecule has 1 fully saturated rings. The molecule has 2 atom stereocenters. The normalized spacial score (nSPS) is 22.3. The van der Waals surface area contributed by atoms with Gasteiger partial charge in [0.05, 0.1) is 10.5 Å². The van der Waals surface area contributed by atoms with Gasteiger partial charge >= 0.3 is 11.7 Å². The number of carboxylic acids is 1. The van der Waals surface area contributed by atoms with Gasteiger partial charge in [-0.1, -0.05) is 19.8 Å². The maximum absolute atomic E-state index is 11.1. The fraction of sp³-hybridized carbons (Fsp3) is 0.571. The molecular weight excluding hydrogens is 274 g/mol. The summed E-state index contributed by atoms with van der Waals surface area (Å²) >= 11 is 0. The number of nitrogens with zero attached hydrogens (tertiary/aromatic N) is 2. The molecule has 0 radical (unpaired) electrons. The Kier molecular flexibility index (Phi) is 4.72. The number of aromatic carboxylic acids is 1. The predicted octanol–water partition coefficient (Wildman–Crippen LogP) is 3.07. The number of carboxylic acid groups (broad SMARTS) is 1. The fourth-order valence-corrected chi connectivity index (χ4v) is 2.65. The Morgan fingerprint density at radius 2 is 2.19 bits per heavy atom. The van der Waals surface area contributed by atoms with Crippen LogP contribution in [0.3, 0.4) is 0 Å². The van der Waals surface area contributed by atoms with Gasteiger partial charge in [-0.25, -0.2) is 9.78 Å². The predicted molar refractivity (Wildman–Crippen MR) is 77.5 cm³/mol. The van der Waals surface area contributed by atoms with Crippen molar-refractivity contribution in [3.8, 4) is 0 Å². The Labute approximate surface area is 122 Å². The largest absolute Gasteiger partial charge is 0.478 e. The van der Waals surface area contributed by atoms with E-state index in [1.54, 1.807) is 0 Å². The van der Waals surface area contributed by atoms with Crippen LogP contribution in [0.25, 0.3) is 0 Å². The zero-order chi connectivity index (χ0) is 15.4. The molecule has 2 unspecified atom stereocenters. The molecular formula is C14H19N3O4. The van der Waals surface area contributed by atoms with Gasteiger partial charge in [0.1, 0.15) is 0 Å². The number of aromatic nitrogens is 1. The summed E-state index contributed by atoms with van der Waals surface area (Å²) in [7, 11) is 0. The van der Waals surface area contributed by atoms with Crippen LogP contribution in [0.4, 0.5) is 11.5 Å². The highest BCUT2D eigenvalue weighted by Gasteiger charge is 2.23. The zero-order valence-corrected chi connectivity index (χ0v) is 11.9. The summed E-state index contributed by atoms with van der Waals surface area (Å²) < 4.78 is 0. The average molecular weight is 293 g/mol. The zero-order valence-electron chi connectivity index (χ0n) is 11.9. The van der Waals surface area contributed by atoms with Gasteiger partial charge in [-0.15, -0.1) is 0 Å². The third-order valence-corrected chi connectivity index (χ3v) is 3.91. The van der Waals surface area contributed by atoms with Crippen LogP contribution < -0.4 is 5.32 Å². The molecule has 1 aromatic rings. The summed E-state index contributed by atoms with van der Waals surface area (Å²) in [6, 6.07) is 1.20. The summed E-state index contributed by atoms with van der Waals surface area (Å²) in [5.41, 5.74) is -0.464. The molecule has 1 saturated carbocycles. The van der Waals surface area contributed by atoms with E-state index in [1.165, 1.54) is 6.42 Å². The third-order valence-electron chi connectivity index (χ3n) is 3.91. The SMILES string of the molecule is CC1CCCC(Nc2ncc(C(=O)O)cc2[N+](=O)[O-])CC1. The smallest absolute Gasteiger partial charge is 0.337 e. The summed E-state index contributed by atoms with van der Waals surface area (Å²) in [5, 5.41) is 23.1. The van der Waals surface area contributed by atoms with Crippen LogP contribution in [-0.4, -0.2) is 27.0 Å². The van der Waals surface area contributed by atoms with Gasteiger partial charge < -0.3 is 10.4 Å². The van der Waals surface area contributed by atoms with Crippen molar-refractivity contribution in [2.45, 2.75) is 45.1 Å². The third kappa shape index (κ3) is 3.90. The number of hydrogen-bond donors (Lipinski definition) is 2. The van der Waals surface area contributed by atoms with E-state index in [1.807, 2.05) is 0 Å². The molecule has 1 aliphatic carbocycles. The summed E-state index contributed by atoms with van der Waals surface area (Å²) in [6.07, 6.45) is 6.38. The average Bonchev–Trinajstić information content (AvgIpc) is 2.63.